The fourth-order valence-electron chi connectivity index (χ4n) is 3.01. The molecule has 11 nitrogen and oxygen atoms in total. The SMILES string of the molecule is CCS(=O)(=O)c1cc(-c2nnnn2C)cnc1-c1nc2cc(C(C)(F)F)nnc2n1C. The van der Waals surface area contributed by atoms with E-state index in [0.717, 1.165) is 6.07 Å². The van der Waals surface area contributed by atoms with Crippen LogP contribution in [0.3, 0.4) is 0 Å². The molecule has 0 bridgehead atoms. The number of pyridine rings is 1. The van der Waals surface area contributed by atoms with Crippen molar-refractivity contribution in [3.05, 3.63) is 24.0 Å². The highest BCUT2D eigenvalue weighted by Gasteiger charge is 2.29. The van der Waals surface area contributed by atoms with E-state index in [4.69, 9.17) is 0 Å². The van der Waals surface area contributed by atoms with Gasteiger partial charge in [0.25, 0.3) is 5.92 Å². The van der Waals surface area contributed by atoms with E-state index in [2.05, 4.69) is 35.7 Å². The third-order valence-electron chi connectivity index (χ3n) is 4.72. The van der Waals surface area contributed by atoms with Crippen molar-refractivity contribution >= 4 is 21.0 Å². The van der Waals surface area contributed by atoms with Crippen molar-refractivity contribution in [2.24, 2.45) is 14.1 Å². The standard InChI is InChI=1S/C17H17F2N9O2S/c1-5-31(29,30)11-6-9(14-24-25-26-28(14)4)8-20-13(11)16-21-10-7-12(17(2,18)19)22-23-15(10)27(16)3/h6-8H,5H2,1-4H3. The highest BCUT2D eigenvalue weighted by molar-refractivity contribution is 7.91. The molecule has 0 aliphatic heterocycles. The molecule has 0 aliphatic rings. The van der Waals surface area contributed by atoms with E-state index in [0.29, 0.717) is 18.3 Å². The first-order valence-corrected chi connectivity index (χ1v) is 10.7. The first-order chi connectivity index (χ1) is 14.5. The predicted molar refractivity (Wildman–Crippen MR) is 105 cm³/mol. The molecule has 14 heteroatoms. The first kappa shape index (κ1) is 20.8. The van der Waals surface area contributed by atoms with Crippen LogP contribution in [0.1, 0.15) is 19.5 Å². The molecule has 0 amide bonds. The zero-order valence-corrected chi connectivity index (χ0v) is 17.8. The van der Waals surface area contributed by atoms with Crippen LogP contribution in [0.2, 0.25) is 0 Å². The van der Waals surface area contributed by atoms with E-state index in [9.17, 15) is 17.2 Å². The van der Waals surface area contributed by atoms with Crippen molar-refractivity contribution in [2.45, 2.75) is 24.7 Å². The van der Waals surface area contributed by atoms with Crippen molar-refractivity contribution in [2.75, 3.05) is 5.75 Å². The zero-order chi connectivity index (χ0) is 22.6. The van der Waals surface area contributed by atoms with E-state index in [1.165, 1.54) is 28.4 Å². The Kier molecular flexibility index (Phi) is 4.76. The molecular weight excluding hydrogens is 432 g/mol. The van der Waals surface area contributed by atoms with E-state index in [1.54, 1.807) is 14.1 Å². The van der Waals surface area contributed by atoms with Gasteiger partial charge in [0.1, 0.15) is 16.9 Å². The van der Waals surface area contributed by atoms with Crippen LogP contribution < -0.4 is 0 Å². The van der Waals surface area contributed by atoms with Gasteiger partial charge >= 0.3 is 0 Å². The van der Waals surface area contributed by atoms with Gasteiger partial charge in [-0.3, -0.25) is 4.98 Å². The van der Waals surface area contributed by atoms with E-state index in [1.807, 2.05) is 0 Å². The third-order valence-corrected chi connectivity index (χ3v) is 6.47. The number of fused-ring (bicyclic) bond motifs is 1. The number of sulfone groups is 1. The lowest BCUT2D eigenvalue weighted by Crippen LogP contribution is -2.11. The van der Waals surface area contributed by atoms with E-state index < -0.39 is 21.5 Å². The first-order valence-electron chi connectivity index (χ1n) is 9.07. The van der Waals surface area contributed by atoms with Gasteiger partial charge in [0.15, 0.2) is 27.1 Å². The van der Waals surface area contributed by atoms with Crippen LogP contribution >= 0.6 is 0 Å². The molecule has 0 unspecified atom stereocenters. The summed E-state index contributed by atoms with van der Waals surface area (Å²) in [6, 6.07) is 2.54. The summed E-state index contributed by atoms with van der Waals surface area (Å²) in [4.78, 5) is 8.57. The van der Waals surface area contributed by atoms with Crippen LogP contribution in [0.25, 0.3) is 34.1 Å². The van der Waals surface area contributed by atoms with Crippen LogP contribution in [0.5, 0.6) is 0 Å². The second-order valence-corrected chi connectivity index (χ2v) is 9.17. The zero-order valence-electron chi connectivity index (χ0n) is 16.9. The molecule has 4 rings (SSSR count). The lowest BCUT2D eigenvalue weighted by Gasteiger charge is -2.10. The Morgan fingerprint density at radius 2 is 1.84 bits per heavy atom. The quantitative estimate of drug-likeness (QED) is 0.444. The highest BCUT2D eigenvalue weighted by Crippen LogP contribution is 2.32. The summed E-state index contributed by atoms with van der Waals surface area (Å²) >= 11 is 0. The summed E-state index contributed by atoms with van der Waals surface area (Å²) in [7, 11) is -0.548. The number of aryl methyl sites for hydroxylation is 2. The van der Waals surface area contributed by atoms with Crippen molar-refractivity contribution < 1.29 is 17.2 Å². The number of tetrazole rings is 1. The molecule has 0 atom stereocenters. The van der Waals surface area contributed by atoms with Gasteiger partial charge in [-0.2, -0.15) is 8.78 Å². The normalized spacial score (nSPS) is 12.6. The fourth-order valence-corrected chi connectivity index (χ4v) is 4.07. The van der Waals surface area contributed by atoms with Crippen LogP contribution in [-0.4, -0.2) is 59.1 Å². The Balaban J connectivity index is 1.96. The van der Waals surface area contributed by atoms with Crippen molar-refractivity contribution in [3.8, 4) is 22.9 Å². The summed E-state index contributed by atoms with van der Waals surface area (Å²) in [6.45, 7) is 2.21. The van der Waals surface area contributed by atoms with Crippen LogP contribution in [0, 0.1) is 0 Å². The Labute approximate surface area is 175 Å². The number of imidazole rings is 1. The Bertz CT molecular complexity index is 1410. The average Bonchev–Trinajstić information content (AvgIpc) is 3.30. The molecule has 31 heavy (non-hydrogen) atoms. The maximum Gasteiger partial charge on any atom is 0.288 e. The number of hydrogen-bond donors (Lipinski definition) is 0. The summed E-state index contributed by atoms with van der Waals surface area (Å²) in [5.74, 6) is -2.90. The van der Waals surface area contributed by atoms with Gasteiger partial charge < -0.3 is 4.57 Å². The van der Waals surface area contributed by atoms with Crippen LogP contribution in [0.15, 0.2) is 23.2 Å². The summed E-state index contributed by atoms with van der Waals surface area (Å²) in [5.41, 5.74) is 0.281. The lowest BCUT2D eigenvalue weighted by atomic mass is 10.2. The van der Waals surface area contributed by atoms with Gasteiger partial charge in [0.05, 0.1) is 10.6 Å². The van der Waals surface area contributed by atoms with Crippen molar-refractivity contribution in [1.82, 2.24) is 44.9 Å². The Morgan fingerprint density at radius 1 is 1.10 bits per heavy atom. The topological polar surface area (TPSA) is 134 Å². The van der Waals surface area contributed by atoms with E-state index in [-0.39, 0.29) is 33.3 Å². The Morgan fingerprint density at radius 3 is 2.45 bits per heavy atom. The van der Waals surface area contributed by atoms with Gasteiger partial charge in [-0.1, -0.05) is 6.92 Å². The number of hydrogen-bond acceptors (Lipinski definition) is 9. The Hall–Kier alpha value is -3.42. The molecule has 0 aliphatic carbocycles. The predicted octanol–water partition coefficient (Wildman–Crippen LogP) is 1.52. The highest BCUT2D eigenvalue weighted by atomic mass is 32.2. The fraction of sp³-hybridized carbons (Fsp3) is 0.353. The van der Waals surface area contributed by atoms with Crippen molar-refractivity contribution in [3.63, 3.8) is 0 Å². The molecule has 4 aromatic rings. The number of nitrogens with zero attached hydrogens (tertiary/aromatic N) is 9. The molecule has 4 aromatic heterocycles. The summed E-state index contributed by atoms with van der Waals surface area (Å²) in [6.07, 6.45) is 1.42. The molecule has 0 radical (unpaired) electrons. The van der Waals surface area contributed by atoms with Crippen molar-refractivity contribution in [1.29, 1.82) is 0 Å². The van der Waals surface area contributed by atoms with Gasteiger partial charge in [0.2, 0.25) is 0 Å². The number of aromatic nitrogens is 9. The maximum absolute atomic E-state index is 13.6. The molecule has 0 fully saturated rings. The van der Waals surface area contributed by atoms with E-state index >= 15 is 0 Å². The van der Waals surface area contributed by atoms with Crippen LogP contribution in [-0.2, 0) is 29.9 Å². The monoisotopic (exact) mass is 449 g/mol. The largest absolute Gasteiger partial charge is 0.309 e. The van der Waals surface area contributed by atoms with Gasteiger partial charge in [-0.05, 0) is 22.6 Å². The third kappa shape index (κ3) is 3.52. The van der Waals surface area contributed by atoms with Gasteiger partial charge in [-0.25, -0.2) is 18.1 Å². The molecule has 0 saturated heterocycles. The van der Waals surface area contributed by atoms with Gasteiger partial charge in [0, 0.05) is 32.8 Å². The molecular formula is C17H17F2N9O2S. The molecule has 4 heterocycles. The smallest absolute Gasteiger partial charge is 0.288 e. The summed E-state index contributed by atoms with van der Waals surface area (Å²) < 4.78 is 55.8. The molecule has 0 aromatic carbocycles. The molecule has 0 N–H and O–H groups in total. The molecule has 0 spiro atoms. The minimum atomic E-state index is -3.74. The number of alkyl halides is 2. The number of rotatable bonds is 5. The van der Waals surface area contributed by atoms with Crippen LogP contribution in [0.4, 0.5) is 8.78 Å². The number of halogens is 2. The van der Waals surface area contributed by atoms with Gasteiger partial charge in [-0.15, -0.1) is 15.3 Å². The minimum Gasteiger partial charge on any atom is -0.309 e. The average molecular weight is 449 g/mol. The lowest BCUT2D eigenvalue weighted by molar-refractivity contribution is 0.0120. The molecule has 162 valence electrons. The second-order valence-electron chi connectivity index (χ2n) is 6.92. The molecule has 0 saturated carbocycles. The maximum atomic E-state index is 13.6. The second kappa shape index (κ2) is 7.08. The minimum absolute atomic E-state index is 0.0611. The summed E-state index contributed by atoms with van der Waals surface area (Å²) in [5, 5.41) is 18.6.